The Morgan fingerprint density at radius 3 is 2.78 bits per heavy atom. The van der Waals surface area contributed by atoms with Crippen molar-refractivity contribution in [3.8, 4) is 11.5 Å². The summed E-state index contributed by atoms with van der Waals surface area (Å²) in [5.74, 6) is 1.31. The monoisotopic (exact) mass is 436 g/mol. The SMILES string of the molecule is CCOC(=O)C1=C(C)Nc2ncnn2C1c1cc(Br)c(OCC)c(OC)c1. The van der Waals surface area contributed by atoms with Crippen molar-refractivity contribution in [3.05, 3.63) is 39.8 Å². The van der Waals surface area contributed by atoms with E-state index in [2.05, 4.69) is 31.3 Å². The van der Waals surface area contributed by atoms with E-state index >= 15 is 0 Å². The van der Waals surface area contributed by atoms with Crippen molar-refractivity contribution >= 4 is 27.8 Å². The lowest BCUT2D eigenvalue weighted by atomic mass is 9.95. The minimum Gasteiger partial charge on any atom is -0.493 e. The van der Waals surface area contributed by atoms with E-state index in [0.717, 1.165) is 10.0 Å². The third-order valence-electron chi connectivity index (χ3n) is 4.15. The summed E-state index contributed by atoms with van der Waals surface area (Å²) < 4.78 is 18.8. The number of ether oxygens (including phenoxy) is 3. The largest absolute Gasteiger partial charge is 0.493 e. The number of halogens is 1. The van der Waals surface area contributed by atoms with Gasteiger partial charge in [-0.15, -0.1) is 0 Å². The molecule has 0 saturated heterocycles. The van der Waals surface area contributed by atoms with Crippen LogP contribution in [0.15, 0.2) is 34.2 Å². The second-order valence-corrected chi connectivity index (χ2v) is 6.64. The van der Waals surface area contributed by atoms with Crippen LogP contribution in [-0.2, 0) is 9.53 Å². The number of nitrogens with zero attached hydrogens (tertiary/aromatic N) is 3. The molecule has 0 fully saturated rings. The molecule has 8 nitrogen and oxygen atoms in total. The molecule has 0 radical (unpaired) electrons. The average molecular weight is 437 g/mol. The Bertz CT molecular complexity index is 893. The molecule has 2 heterocycles. The number of hydrogen-bond acceptors (Lipinski definition) is 7. The van der Waals surface area contributed by atoms with E-state index in [9.17, 15) is 4.79 Å². The molecule has 1 aliphatic heterocycles. The summed E-state index contributed by atoms with van der Waals surface area (Å²) in [4.78, 5) is 16.9. The molecule has 0 bridgehead atoms. The van der Waals surface area contributed by atoms with E-state index in [0.29, 0.717) is 35.3 Å². The van der Waals surface area contributed by atoms with Gasteiger partial charge in [0.15, 0.2) is 11.5 Å². The van der Waals surface area contributed by atoms with Crippen LogP contribution in [0.2, 0.25) is 0 Å². The molecule has 1 atom stereocenters. The van der Waals surface area contributed by atoms with Crippen molar-refractivity contribution in [1.29, 1.82) is 0 Å². The van der Waals surface area contributed by atoms with Gasteiger partial charge in [0, 0.05) is 5.70 Å². The van der Waals surface area contributed by atoms with Gasteiger partial charge in [-0.25, -0.2) is 9.48 Å². The van der Waals surface area contributed by atoms with E-state index in [1.54, 1.807) is 18.7 Å². The molecule has 1 N–H and O–H groups in total. The number of benzene rings is 1. The lowest BCUT2D eigenvalue weighted by Crippen LogP contribution is -2.29. The van der Waals surface area contributed by atoms with Gasteiger partial charge in [0.1, 0.15) is 12.4 Å². The van der Waals surface area contributed by atoms with E-state index in [4.69, 9.17) is 14.2 Å². The summed E-state index contributed by atoms with van der Waals surface area (Å²) >= 11 is 3.54. The Morgan fingerprint density at radius 2 is 2.11 bits per heavy atom. The molecule has 3 rings (SSSR count). The third kappa shape index (κ3) is 3.51. The van der Waals surface area contributed by atoms with Crippen molar-refractivity contribution < 1.29 is 19.0 Å². The Kier molecular flexibility index (Phi) is 5.69. The van der Waals surface area contributed by atoms with Crippen LogP contribution in [0.5, 0.6) is 11.5 Å². The van der Waals surface area contributed by atoms with Crippen LogP contribution < -0.4 is 14.8 Å². The van der Waals surface area contributed by atoms with Crippen LogP contribution in [0.4, 0.5) is 5.95 Å². The zero-order chi connectivity index (χ0) is 19.6. The molecule has 0 amide bonds. The summed E-state index contributed by atoms with van der Waals surface area (Å²) in [7, 11) is 1.57. The normalized spacial score (nSPS) is 15.8. The quantitative estimate of drug-likeness (QED) is 0.694. The second-order valence-electron chi connectivity index (χ2n) is 5.78. The highest BCUT2D eigenvalue weighted by Crippen LogP contribution is 2.42. The molecule has 144 valence electrons. The van der Waals surface area contributed by atoms with Crippen molar-refractivity contribution in [2.24, 2.45) is 0 Å². The van der Waals surface area contributed by atoms with Gasteiger partial charge in [0.05, 0.1) is 30.4 Å². The number of anilines is 1. The minimum absolute atomic E-state index is 0.281. The molecule has 27 heavy (non-hydrogen) atoms. The van der Waals surface area contributed by atoms with Crippen LogP contribution in [0.1, 0.15) is 32.4 Å². The van der Waals surface area contributed by atoms with Gasteiger partial charge in [-0.1, -0.05) is 0 Å². The number of carbonyl (C=O) groups excluding carboxylic acids is 1. The highest BCUT2D eigenvalue weighted by Gasteiger charge is 2.35. The molecule has 0 aliphatic carbocycles. The molecule has 1 aromatic carbocycles. The topological polar surface area (TPSA) is 87.5 Å². The molecular formula is C18H21BrN4O4. The van der Waals surface area contributed by atoms with Crippen LogP contribution in [0, 0.1) is 0 Å². The Morgan fingerprint density at radius 1 is 1.33 bits per heavy atom. The summed E-state index contributed by atoms with van der Waals surface area (Å²) in [5.41, 5.74) is 1.92. The van der Waals surface area contributed by atoms with Gasteiger partial charge in [-0.2, -0.15) is 10.1 Å². The summed E-state index contributed by atoms with van der Waals surface area (Å²) in [6.45, 7) is 6.28. The van der Waals surface area contributed by atoms with Crippen molar-refractivity contribution in [3.63, 3.8) is 0 Å². The summed E-state index contributed by atoms with van der Waals surface area (Å²) in [6.07, 6.45) is 1.44. The van der Waals surface area contributed by atoms with E-state index in [1.165, 1.54) is 6.33 Å². The van der Waals surface area contributed by atoms with Crippen LogP contribution in [-0.4, -0.2) is 41.1 Å². The number of aromatic nitrogens is 3. The number of fused-ring (bicyclic) bond motifs is 1. The zero-order valence-electron chi connectivity index (χ0n) is 15.6. The molecule has 1 unspecified atom stereocenters. The first-order valence-corrected chi connectivity index (χ1v) is 9.35. The average Bonchev–Trinajstić information content (AvgIpc) is 3.10. The van der Waals surface area contributed by atoms with E-state index in [1.807, 2.05) is 26.0 Å². The first kappa shape index (κ1) is 19.2. The van der Waals surface area contributed by atoms with E-state index in [-0.39, 0.29) is 6.61 Å². The van der Waals surface area contributed by atoms with Gasteiger partial charge in [0.2, 0.25) is 5.95 Å². The number of hydrogen-bond donors (Lipinski definition) is 1. The second kappa shape index (κ2) is 7.99. The molecule has 0 spiro atoms. The van der Waals surface area contributed by atoms with Crippen LogP contribution in [0.3, 0.4) is 0 Å². The standard InChI is InChI=1S/C18H21BrN4O4/c1-5-26-16-12(19)7-11(8-13(16)25-4)15-14(17(24)27-6-2)10(3)22-18-20-9-21-23(15)18/h7-9,15H,5-6H2,1-4H3,(H,20,21,22). The van der Waals surface area contributed by atoms with Crippen molar-refractivity contribution in [2.45, 2.75) is 26.8 Å². The van der Waals surface area contributed by atoms with Crippen LogP contribution in [0.25, 0.3) is 0 Å². The van der Waals surface area contributed by atoms with Gasteiger partial charge < -0.3 is 19.5 Å². The fourth-order valence-corrected chi connectivity index (χ4v) is 3.63. The third-order valence-corrected chi connectivity index (χ3v) is 4.73. The van der Waals surface area contributed by atoms with Gasteiger partial charge in [-0.3, -0.25) is 0 Å². The van der Waals surface area contributed by atoms with Crippen molar-refractivity contribution in [1.82, 2.24) is 14.8 Å². The van der Waals surface area contributed by atoms with Gasteiger partial charge in [-0.05, 0) is 54.4 Å². The van der Waals surface area contributed by atoms with Crippen LogP contribution >= 0.6 is 15.9 Å². The van der Waals surface area contributed by atoms with Gasteiger partial charge >= 0.3 is 5.97 Å². The molecule has 9 heteroatoms. The highest BCUT2D eigenvalue weighted by atomic mass is 79.9. The molecule has 1 aliphatic rings. The molecule has 0 saturated carbocycles. The summed E-state index contributed by atoms with van der Waals surface area (Å²) in [5, 5.41) is 7.40. The number of nitrogens with one attached hydrogen (secondary N) is 1. The number of rotatable bonds is 6. The number of esters is 1. The fraction of sp³-hybridized carbons (Fsp3) is 0.389. The zero-order valence-corrected chi connectivity index (χ0v) is 17.2. The minimum atomic E-state index is -0.510. The first-order valence-electron chi connectivity index (χ1n) is 8.56. The highest BCUT2D eigenvalue weighted by molar-refractivity contribution is 9.10. The molecule has 2 aromatic rings. The lowest BCUT2D eigenvalue weighted by molar-refractivity contribution is -0.139. The molecular weight excluding hydrogens is 416 g/mol. The first-order chi connectivity index (χ1) is 13.0. The maximum Gasteiger partial charge on any atom is 0.338 e. The lowest BCUT2D eigenvalue weighted by Gasteiger charge is -2.28. The Hall–Kier alpha value is -2.55. The molecule has 1 aromatic heterocycles. The predicted molar refractivity (Wildman–Crippen MR) is 103 cm³/mol. The predicted octanol–water partition coefficient (Wildman–Crippen LogP) is 3.30. The fourth-order valence-electron chi connectivity index (χ4n) is 3.05. The number of carbonyl (C=O) groups is 1. The maximum atomic E-state index is 12.7. The van der Waals surface area contributed by atoms with Crippen molar-refractivity contribution in [2.75, 3.05) is 25.6 Å². The Balaban J connectivity index is 2.18. The Labute approximate surface area is 165 Å². The number of methoxy groups -OCH3 is 1. The van der Waals surface area contributed by atoms with Gasteiger partial charge in [0.25, 0.3) is 0 Å². The summed E-state index contributed by atoms with van der Waals surface area (Å²) in [6, 6.07) is 3.22. The van der Waals surface area contributed by atoms with E-state index < -0.39 is 12.0 Å². The maximum absolute atomic E-state index is 12.7. The number of allylic oxidation sites excluding steroid dienone is 1. The smallest absolute Gasteiger partial charge is 0.338 e.